The maximum Gasteiger partial charge on any atom is 0.162 e. The number of carbonyl (C=O) groups is 1. The number of ketones is 1. The van der Waals surface area contributed by atoms with Gasteiger partial charge in [0, 0.05) is 11.3 Å². The second-order valence-corrected chi connectivity index (χ2v) is 2.51. The summed E-state index contributed by atoms with van der Waals surface area (Å²) >= 11 is 0. The molecule has 0 aromatic heterocycles. The summed E-state index contributed by atoms with van der Waals surface area (Å²) in [5.74, 6) is 5.14. The van der Waals surface area contributed by atoms with Crippen LogP contribution < -0.4 is 17.0 Å². The Morgan fingerprint density at radius 1 is 1.50 bits per heavy atom. The van der Waals surface area contributed by atoms with E-state index >= 15 is 0 Å². The molecule has 0 radical (unpaired) electrons. The predicted molar refractivity (Wildman–Crippen MR) is 48.7 cm³/mol. The van der Waals surface area contributed by atoms with E-state index in [1.165, 1.54) is 6.92 Å². The number of benzene rings is 1. The third-order valence-electron chi connectivity index (χ3n) is 1.58. The number of Topliss-reactive ketones (excluding diaryl/α,β-unsaturated/α-hetero) is 1. The minimum absolute atomic E-state index is 0.0600. The van der Waals surface area contributed by atoms with E-state index < -0.39 is 0 Å². The molecule has 0 aliphatic rings. The molecule has 1 aromatic carbocycles. The van der Waals surface area contributed by atoms with Crippen LogP contribution >= 0.6 is 0 Å². The number of rotatable bonds is 2. The largest absolute Gasteiger partial charge is 0.399 e. The van der Waals surface area contributed by atoms with Crippen molar-refractivity contribution >= 4 is 17.2 Å². The summed E-state index contributed by atoms with van der Waals surface area (Å²) in [6, 6.07) is 4.95. The van der Waals surface area contributed by atoms with Gasteiger partial charge in [0.05, 0.1) is 5.69 Å². The van der Waals surface area contributed by atoms with Crippen molar-refractivity contribution < 1.29 is 4.79 Å². The lowest BCUT2D eigenvalue weighted by Crippen LogP contribution is -2.11. The number of hydrazine groups is 1. The van der Waals surface area contributed by atoms with Gasteiger partial charge in [0.2, 0.25) is 0 Å². The number of nitrogens with one attached hydrogen (secondary N) is 1. The molecule has 1 rings (SSSR count). The van der Waals surface area contributed by atoms with Crippen molar-refractivity contribution in [3.05, 3.63) is 23.8 Å². The topological polar surface area (TPSA) is 81.1 Å². The van der Waals surface area contributed by atoms with E-state index in [2.05, 4.69) is 5.43 Å². The van der Waals surface area contributed by atoms with Crippen LogP contribution in [0.4, 0.5) is 11.4 Å². The molecular formula is C8H11N3O. The summed E-state index contributed by atoms with van der Waals surface area (Å²) in [6.07, 6.45) is 0. The standard InChI is InChI=1S/C8H11N3O/c1-5(12)7-4-6(9)2-3-8(7)11-10/h2-4,11H,9-10H2,1H3. The molecular weight excluding hydrogens is 154 g/mol. The number of anilines is 2. The molecule has 12 heavy (non-hydrogen) atoms. The van der Waals surface area contributed by atoms with Gasteiger partial charge in [-0.25, -0.2) is 0 Å². The van der Waals surface area contributed by atoms with Crippen LogP contribution in [0.1, 0.15) is 17.3 Å². The van der Waals surface area contributed by atoms with Crippen LogP contribution in [0.5, 0.6) is 0 Å². The van der Waals surface area contributed by atoms with E-state index in [0.717, 1.165) is 0 Å². The van der Waals surface area contributed by atoms with Gasteiger partial charge in [-0.2, -0.15) is 0 Å². The van der Waals surface area contributed by atoms with Crippen molar-refractivity contribution in [3.63, 3.8) is 0 Å². The lowest BCUT2D eigenvalue weighted by atomic mass is 10.1. The molecule has 64 valence electrons. The van der Waals surface area contributed by atoms with Gasteiger partial charge in [0.25, 0.3) is 0 Å². The summed E-state index contributed by atoms with van der Waals surface area (Å²) in [5.41, 5.74) is 9.59. The molecule has 0 amide bonds. The zero-order valence-corrected chi connectivity index (χ0v) is 6.79. The average Bonchev–Trinajstić information content (AvgIpc) is 2.04. The molecule has 0 bridgehead atoms. The van der Waals surface area contributed by atoms with E-state index in [4.69, 9.17) is 11.6 Å². The summed E-state index contributed by atoms with van der Waals surface area (Å²) in [6.45, 7) is 1.47. The van der Waals surface area contributed by atoms with Crippen LogP contribution in [0.15, 0.2) is 18.2 Å². The van der Waals surface area contributed by atoms with Gasteiger partial charge in [-0.15, -0.1) is 0 Å². The number of hydrogen-bond donors (Lipinski definition) is 3. The first-order chi connectivity index (χ1) is 5.65. The first kappa shape index (κ1) is 8.55. The third-order valence-corrected chi connectivity index (χ3v) is 1.58. The lowest BCUT2D eigenvalue weighted by molar-refractivity contribution is 0.101. The molecule has 1 aromatic rings. The zero-order valence-electron chi connectivity index (χ0n) is 6.79. The Balaban J connectivity index is 3.21. The van der Waals surface area contributed by atoms with Crippen LogP contribution in [-0.2, 0) is 0 Å². The highest BCUT2D eigenvalue weighted by Crippen LogP contribution is 2.17. The van der Waals surface area contributed by atoms with Crippen LogP contribution in [0, 0.1) is 0 Å². The smallest absolute Gasteiger partial charge is 0.162 e. The van der Waals surface area contributed by atoms with Crippen molar-refractivity contribution in [3.8, 4) is 0 Å². The number of nitrogen functional groups attached to an aromatic ring is 2. The predicted octanol–water partition coefficient (Wildman–Crippen LogP) is 0.757. The van der Waals surface area contributed by atoms with Gasteiger partial charge in [0.15, 0.2) is 5.78 Å². The summed E-state index contributed by atoms with van der Waals surface area (Å²) < 4.78 is 0. The SMILES string of the molecule is CC(=O)c1cc(N)ccc1NN. The minimum atomic E-state index is -0.0600. The third kappa shape index (κ3) is 1.54. The first-order valence-electron chi connectivity index (χ1n) is 3.52. The summed E-state index contributed by atoms with van der Waals surface area (Å²) in [4.78, 5) is 11.0. The summed E-state index contributed by atoms with van der Waals surface area (Å²) in [5, 5.41) is 0. The highest BCUT2D eigenvalue weighted by Gasteiger charge is 2.05. The van der Waals surface area contributed by atoms with Gasteiger partial charge < -0.3 is 11.2 Å². The van der Waals surface area contributed by atoms with Gasteiger partial charge in [-0.05, 0) is 25.1 Å². The van der Waals surface area contributed by atoms with E-state index in [1.54, 1.807) is 18.2 Å². The molecule has 0 aliphatic heterocycles. The molecule has 0 unspecified atom stereocenters. The van der Waals surface area contributed by atoms with Gasteiger partial charge >= 0.3 is 0 Å². The molecule has 0 aliphatic carbocycles. The normalized spacial score (nSPS) is 9.50. The monoisotopic (exact) mass is 165 g/mol. The molecule has 4 nitrogen and oxygen atoms in total. The Hall–Kier alpha value is -1.55. The van der Waals surface area contributed by atoms with Crippen molar-refractivity contribution in [1.29, 1.82) is 0 Å². The Morgan fingerprint density at radius 3 is 2.67 bits per heavy atom. The van der Waals surface area contributed by atoms with Gasteiger partial charge in [0.1, 0.15) is 0 Å². The Bertz CT molecular complexity index is 309. The van der Waals surface area contributed by atoms with Crippen molar-refractivity contribution in [2.24, 2.45) is 5.84 Å². The molecule has 0 spiro atoms. The fraction of sp³-hybridized carbons (Fsp3) is 0.125. The Kier molecular flexibility index (Phi) is 2.30. The number of carbonyl (C=O) groups excluding carboxylic acids is 1. The van der Waals surface area contributed by atoms with Crippen LogP contribution in [0.25, 0.3) is 0 Å². The molecule has 0 heterocycles. The molecule has 0 atom stereocenters. The van der Waals surface area contributed by atoms with E-state index in [9.17, 15) is 4.79 Å². The minimum Gasteiger partial charge on any atom is -0.399 e. The van der Waals surface area contributed by atoms with Crippen molar-refractivity contribution in [1.82, 2.24) is 0 Å². The lowest BCUT2D eigenvalue weighted by Gasteiger charge is -2.05. The number of hydrogen-bond acceptors (Lipinski definition) is 4. The molecule has 5 N–H and O–H groups in total. The first-order valence-corrected chi connectivity index (χ1v) is 3.52. The fourth-order valence-corrected chi connectivity index (χ4v) is 0.979. The second kappa shape index (κ2) is 3.23. The summed E-state index contributed by atoms with van der Waals surface area (Å²) in [7, 11) is 0. The Morgan fingerprint density at radius 2 is 2.17 bits per heavy atom. The molecule has 0 fully saturated rings. The Labute approximate surface area is 70.5 Å². The highest BCUT2D eigenvalue weighted by molar-refractivity contribution is 6.00. The van der Waals surface area contributed by atoms with Crippen molar-refractivity contribution in [2.75, 3.05) is 11.2 Å². The maximum atomic E-state index is 11.0. The highest BCUT2D eigenvalue weighted by atomic mass is 16.1. The molecule has 0 saturated carbocycles. The van der Waals surface area contributed by atoms with Crippen LogP contribution in [0.2, 0.25) is 0 Å². The van der Waals surface area contributed by atoms with E-state index in [-0.39, 0.29) is 5.78 Å². The van der Waals surface area contributed by atoms with Crippen molar-refractivity contribution in [2.45, 2.75) is 6.92 Å². The second-order valence-electron chi connectivity index (χ2n) is 2.51. The number of nitrogens with two attached hydrogens (primary N) is 2. The zero-order chi connectivity index (χ0) is 9.14. The van der Waals surface area contributed by atoms with Crippen LogP contribution in [0.3, 0.4) is 0 Å². The van der Waals surface area contributed by atoms with Crippen LogP contribution in [-0.4, -0.2) is 5.78 Å². The quantitative estimate of drug-likeness (QED) is 0.261. The average molecular weight is 165 g/mol. The van der Waals surface area contributed by atoms with Gasteiger partial charge in [-0.3, -0.25) is 10.6 Å². The van der Waals surface area contributed by atoms with E-state index in [0.29, 0.717) is 16.9 Å². The maximum absolute atomic E-state index is 11.0. The molecule has 0 saturated heterocycles. The fourth-order valence-electron chi connectivity index (χ4n) is 0.979. The van der Waals surface area contributed by atoms with E-state index in [1.807, 2.05) is 0 Å². The van der Waals surface area contributed by atoms with Gasteiger partial charge in [-0.1, -0.05) is 0 Å². The molecule has 4 heteroatoms.